The fourth-order valence-corrected chi connectivity index (χ4v) is 1.51. The monoisotopic (exact) mass is 526 g/mol. The van der Waals surface area contributed by atoms with E-state index in [0.717, 1.165) is 0 Å². The molecule has 1 heterocycles. The Balaban J connectivity index is 0. The van der Waals surface area contributed by atoms with Gasteiger partial charge in [0.1, 0.15) is 5.84 Å². The first-order valence-corrected chi connectivity index (χ1v) is 8.99. The van der Waals surface area contributed by atoms with Crippen LogP contribution in [0.2, 0.25) is 0 Å². The molecule has 1 rings (SSSR count). The first kappa shape index (κ1) is 33.2. The molecular weight excluding hydrogens is 506 g/mol. The smallest absolute Gasteiger partial charge is 0.481 e. The minimum Gasteiger partial charge on any atom is -0.481 e. The largest absolute Gasteiger partial charge is 0.491 e. The van der Waals surface area contributed by atoms with Crippen molar-refractivity contribution in [2.45, 2.75) is 57.8 Å². The lowest BCUT2D eigenvalue weighted by Gasteiger charge is -2.06. The SMILES string of the molecule is Cc1nc(CCCC(=O)O)no1.N/C(CCCC(=O)O)=N\O.O=C(OC(=O)C(F)(F)F)C(F)(F)F. The maximum absolute atomic E-state index is 11.2. The third-order valence-corrected chi connectivity index (χ3v) is 2.96. The Morgan fingerprint density at radius 3 is 1.74 bits per heavy atom. The number of halogens is 6. The zero-order chi connectivity index (χ0) is 27.8. The van der Waals surface area contributed by atoms with Crippen molar-refractivity contribution in [3.8, 4) is 0 Å². The number of carboxylic acids is 2. The summed E-state index contributed by atoms with van der Waals surface area (Å²) in [5.74, 6) is -6.90. The number of ether oxygens (including phenoxy) is 1. The summed E-state index contributed by atoms with van der Waals surface area (Å²) in [6, 6.07) is 0. The van der Waals surface area contributed by atoms with Crippen LogP contribution in [-0.4, -0.2) is 67.6 Å². The van der Waals surface area contributed by atoms with Crippen LogP contribution < -0.4 is 5.73 Å². The summed E-state index contributed by atoms with van der Waals surface area (Å²) < 4.78 is 74.4. The van der Waals surface area contributed by atoms with E-state index >= 15 is 0 Å². The van der Waals surface area contributed by atoms with Gasteiger partial charge in [0, 0.05) is 32.6 Å². The molecule has 0 spiro atoms. The number of alkyl halides is 6. The van der Waals surface area contributed by atoms with Gasteiger partial charge in [-0.15, -0.1) is 0 Å². The highest BCUT2D eigenvalue weighted by Crippen LogP contribution is 2.21. The highest BCUT2D eigenvalue weighted by atomic mass is 19.4. The van der Waals surface area contributed by atoms with Crippen LogP contribution in [0.3, 0.4) is 0 Å². The molecule has 0 bridgehead atoms. The van der Waals surface area contributed by atoms with E-state index < -0.39 is 36.2 Å². The highest BCUT2D eigenvalue weighted by Gasteiger charge is 2.49. The number of rotatable bonds is 8. The van der Waals surface area contributed by atoms with E-state index in [1.807, 2.05) is 0 Å². The zero-order valence-corrected chi connectivity index (χ0v) is 17.7. The molecule has 0 unspecified atom stereocenters. The second-order valence-corrected chi connectivity index (χ2v) is 5.99. The number of nitrogens with zero attached hydrogens (tertiary/aromatic N) is 3. The second kappa shape index (κ2) is 15.8. The van der Waals surface area contributed by atoms with E-state index in [1.165, 1.54) is 0 Å². The average molecular weight is 526 g/mol. The van der Waals surface area contributed by atoms with Crippen molar-refractivity contribution in [1.29, 1.82) is 0 Å². The summed E-state index contributed by atoms with van der Waals surface area (Å²) in [7, 11) is 0. The van der Waals surface area contributed by atoms with Gasteiger partial charge in [0.25, 0.3) is 0 Å². The molecule has 0 fully saturated rings. The number of nitrogens with two attached hydrogens (primary N) is 1. The van der Waals surface area contributed by atoms with E-state index in [1.54, 1.807) is 6.92 Å². The number of aromatic nitrogens is 2. The Kier molecular flexibility index (Phi) is 15.0. The van der Waals surface area contributed by atoms with Crippen molar-refractivity contribution < 1.29 is 70.2 Å². The molecule has 0 aliphatic heterocycles. The van der Waals surface area contributed by atoms with Gasteiger partial charge in [0.05, 0.1) is 0 Å². The number of esters is 2. The summed E-state index contributed by atoms with van der Waals surface area (Å²) >= 11 is 0. The Bertz CT molecular complexity index is 844. The van der Waals surface area contributed by atoms with Gasteiger partial charge in [-0.05, 0) is 12.8 Å². The van der Waals surface area contributed by atoms with Crippen LogP contribution in [0.25, 0.3) is 0 Å². The number of amidine groups is 1. The van der Waals surface area contributed by atoms with E-state index in [0.29, 0.717) is 37.4 Å². The molecule has 0 atom stereocenters. The van der Waals surface area contributed by atoms with Crippen LogP contribution in [0.15, 0.2) is 9.68 Å². The molecule has 0 aliphatic rings. The summed E-state index contributed by atoms with van der Waals surface area (Å²) in [6.07, 6.45) is -9.21. The van der Waals surface area contributed by atoms with E-state index in [9.17, 15) is 45.5 Å². The van der Waals surface area contributed by atoms with Crippen molar-refractivity contribution in [3.63, 3.8) is 0 Å². The highest BCUT2D eigenvalue weighted by molar-refractivity contribution is 5.90. The molecule has 35 heavy (non-hydrogen) atoms. The lowest BCUT2D eigenvalue weighted by molar-refractivity contribution is -0.221. The third-order valence-electron chi connectivity index (χ3n) is 2.96. The Morgan fingerprint density at radius 2 is 1.40 bits per heavy atom. The van der Waals surface area contributed by atoms with Gasteiger partial charge in [-0.25, -0.2) is 9.59 Å². The van der Waals surface area contributed by atoms with Crippen LogP contribution >= 0.6 is 0 Å². The fraction of sp³-hybridized carbons (Fsp3) is 0.562. The first-order chi connectivity index (χ1) is 15.9. The standard InChI is InChI=1S/C7H10N2O3.C5H10N2O3.C4F6O3/c1-5-8-6(9-12-5)3-2-4-7(10)11;6-4(7-10)2-1-3-5(8)9;5-3(6,7)1(11)13-2(12)4(8,9)10/h2-4H2,1H3,(H,10,11);10H,1-3H2,(H2,6,7)(H,8,9);. The fourth-order valence-electron chi connectivity index (χ4n) is 1.51. The normalized spacial score (nSPS) is 11.3. The molecule has 200 valence electrons. The van der Waals surface area contributed by atoms with E-state index in [4.69, 9.17) is 25.7 Å². The average Bonchev–Trinajstić information content (AvgIpc) is 3.11. The van der Waals surface area contributed by atoms with Crippen LogP contribution in [0.1, 0.15) is 43.8 Å². The summed E-state index contributed by atoms with van der Waals surface area (Å²) in [6.45, 7) is 1.70. The van der Waals surface area contributed by atoms with Crippen molar-refractivity contribution in [1.82, 2.24) is 10.1 Å². The topological polar surface area (TPSA) is 215 Å². The number of hydrogen-bond acceptors (Lipinski definition) is 10. The van der Waals surface area contributed by atoms with Crippen molar-refractivity contribution in [3.05, 3.63) is 11.7 Å². The number of carbonyl (C=O) groups excluding carboxylic acids is 2. The maximum atomic E-state index is 11.2. The third kappa shape index (κ3) is 19.3. The minimum absolute atomic E-state index is 0.0518. The lowest BCUT2D eigenvalue weighted by Crippen LogP contribution is -2.34. The molecule has 0 amide bonds. The van der Waals surface area contributed by atoms with Crippen molar-refractivity contribution in [2.75, 3.05) is 0 Å². The van der Waals surface area contributed by atoms with Crippen LogP contribution in [0, 0.1) is 6.92 Å². The second-order valence-electron chi connectivity index (χ2n) is 5.99. The van der Waals surface area contributed by atoms with Crippen molar-refractivity contribution >= 4 is 29.7 Å². The van der Waals surface area contributed by atoms with Gasteiger partial charge in [0.15, 0.2) is 5.82 Å². The number of aryl methyl sites for hydroxylation is 2. The molecule has 0 aromatic carbocycles. The Hall–Kier alpha value is -3.93. The van der Waals surface area contributed by atoms with Gasteiger partial charge in [-0.3, -0.25) is 9.59 Å². The first-order valence-electron chi connectivity index (χ1n) is 8.99. The number of hydrogen-bond donors (Lipinski definition) is 4. The quantitative estimate of drug-likeness (QED) is 0.0727. The molecule has 0 radical (unpaired) electrons. The molecule has 19 heteroatoms. The number of carboxylic acid groups (broad SMARTS) is 2. The van der Waals surface area contributed by atoms with Gasteiger partial charge in [-0.1, -0.05) is 10.3 Å². The minimum atomic E-state index is -5.62. The van der Waals surface area contributed by atoms with E-state index in [2.05, 4.69) is 20.0 Å². The molecule has 1 aromatic heterocycles. The Labute approximate surface area is 191 Å². The van der Waals surface area contributed by atoms with Gasteiger partial charge in [0.2, 0.25) is 5.89 Å². The van der Waals surface area contributed by atoms with Crippen LogP contribution in [0.5, 0.6) is 0 Å². The summed E-state index contributed by atoms with van der Waals surface area (Å²) in [5.41, 5.74) is 5.07. The molecule has 0 saturated carbocycles. The lowest BCUT2D eigenvalue weighted by atomic mass is 10.2. The molecule has 5 N–H and O–H groups in total. The molecule has 13 nitrogen and oxygen atoms in total. The number of carbonyl (C=O) groups is 4. The number of aliphatic carboxylic acids is 2. The molecule has 0 aliphatic carbocycles. The predicted octanol–water partition coefficient (Wildman–Crippen LogP) is 1.95. The molecular formula is C16H20F6N4O9. The van der Waals surface area contributed by atoms with E-state index in [-0.39, 0.29) is 18.7 Å². The molecule has 1 aromatic rings. The van der Waals surface area contributed by atoms with Gasteiger partial charge in [-0.2, -0.15) is 31.3 Å². The van der Waals surface area contributed by atoms with Gasteiger partial charge < -0.3 is 30.4 Å². The number of oxime groups is 1. The predicted molar refractivity (Wildman–Crippen MR) is 97.7 cm³/mol. The zero-order valence-electron chi connectivity index (χ0n) is 17.7. The maximum Gasteiger partial charge on any atom is 0.491 e. The summed E-state index contributed by atoms with van der Waals surface area (Å²) in [5, 5.41) is 30.8. The summed E-state index contributed by atoms with van der Waals surface area (Å²) in [4.78, 5) is 43.3. The van der Waals surface area contributed by atoms with Crippen molar-refractivity contribution in [2.24, 2.45) is 10.9 Å². The Morgan fingerprint density at radius 1 is 0.943 bits per heavy atom. The van der Waals surface area contributed by atoms with Gasteiger partial charge >= 0.3 is 36.2 Å². The molecule has 0 saturated heterocycles. The van der Waals surface area contributed by atoms with Crippen LogP contribution in [-0.2, 0) is 30.3 Å². The van der Waals surface area contributed by atoms with Crippen LogP contribution in [0.4, 0.5) is 26.3 Å².